The number of aromatic nitrogens is 2. The molecule has 1 aromatic carbocycles. The van der Waals surface area contributed by atoms with E-state index in [-0.39, 0.29) is 29.5 Å². The van der Waals surface area contributed by atoms with Crippen molar-refractivity contribution >= 4 is 5.91 Å². The molecular weight excluding hydrogens is 297 g/mol. The van der Waals surface area contributed by atoms with Crippen LogP contribution in [0.2, 0.25) is 0 Å². The Morgan fingerprint density at radius 1 is 1.26 bits per heavy atom. The van der Waals surface area contributed by atoms with Gasteiger partial charge in [-0.2, -0.15) is 0 Å². The zero-order valence-electron chi connectivity index (χ0n) is 13.3. The lowest BCUT2D eigenvalue weighted by molar-refractivity contribution is -0.135. The van der Waals surface area contributed by atoms with E-state index in [4.69, 9.17) is 4.42 Å². The number of piperidine rings is 1. The third-order valence-electron chi connectivity index (χ3n) is 4.19. The number of nitrogens with zero attached hydrogens (tertiary/aromatic N) is 3. The van der Waals surface area contributed by atoms with Gasteiger partial charge in [-0.15, -0.1) is 10.2 Å². The summed E-state index contributed by atoms with van der Waals surface area (Å²) in [5, 5.41) is 8.04. The third-order valence-corrected chi connectivity index (χ3v) is 4.19. The molecule has 0 bridgehead atoms. The smallest absolute Gasteiger partial charge is 0.250 e. The fourth-order valence-corrected chi connectivity index (χ4v) is 2.86. The van der Waals surface area contributed by atoms with Gasteiger partial charge in [-0.3, -0.25) is 4.79 Å². The van der Waals surface area contributed by atoms with E-state index in [1.165, 1.54) is 6.07 Å². The van der Waals surface area contributed by atoms with Crippen molar-refractivity contribution < 1.29 is 13.6 Å². The van der Waals surface area contributed by atoms with Gasteiger partial charge in [0.2, 0.25) is 11.8 Å². The molecule has 23 heavy (non-hydrogen) atoms. The molecule has 122 valence electrons. The Balaban J connectivity index is 1.68. The number of halogens is 1. The van der Waals surface area contributed by atoms with Crippen molar-refractivity contribution in [2.75, 3.05) is 13.1 Å². The third kappa shape index (κ3) is 3.25. The number of amides is 1. The molecular formula is C17H20FN3O2. The van der Waals surface area contributed by atoms with Crippen molar-refractivity contribution in [3.05, 3.63) is 36.0 Å². The van der Waals surface area contributed by atoms with Crippen LogP contribution in [0.25, 0.3) is 11.5 Å². The van der Waals surface area contributed by atoms with E-state index in [1.807, 2.05) is 18.7 Å². The van der Waals surface area contributed by atoms with Crippen LogP contribution in [0.4, 0.5) is 4.39 Å². The van der Waals surface area contributed by atoms with Gasteiger partial charge in [0.25, 0.3) is 5.89 Å². The summed E-state index contributed by atoms with van der Waals surface area (Å²) in [5.41, 5.74) is 0.318. The molecule has 0 saturated carbocycles. The van der Waals surface area contributed by atoms with Crippen LogP contribution in [0.5, 0.6) is 0 Å². The second-order valence-corrected chi connectivity index (χ2v) is 6.18. The molecule has 6 heteroatoms. The summed E-state index contributed by atoms with van der Waals surface area (Å²) in [7, 11) is 0. The van der Waals surface area contributed by atoms with Gasteiger partial charge in [-0.25, -0.2) is 4.39 Å². The first-order valence-corrected chi connectivity index (χ1v) is 7.93. The van der Waals surface area contributed by atoms with Gasteiger partial charge < -0.3 is 9.32 Å². The maximum Gasteiger partial charge on any atom is 0.250 e. The van der Waals surface area contributed by atoms with E-state index in [1.54, 1.807) is 18.2 Å². The highest BCUT2D eigenvalue weighted by Gasteiger charge is 2.28. The first kappa shape index (κ1) is 15.6. The van der Waals surface area contributed by atoms with E-state index in [0.29, 0.717) is 24.5 Å². The molecule has 1 aliphatic rings. The van der Waals surface area contributed by atoms with E-state index in [2.05, 4.69) is 10.2 Å². The van der Waals surface area contributed by atoms with Crippen LogP contribution in [0, 0.1) is 11.7 Å². The monoisotopic (exact) mass is 317 g/mol. The number of carbonyl (C=O) groups excluding carboxylic acids is 1. The van der Waals surface area contributed by atoms with Crippen LogP contribution in [-0.4, -0.2) is 34.1 Å². The fraction of sp³-hybridized carbons (Fsp3) is 0.471. The predicted octanol–water partition coefficient (Wildman–Crippen LogP) is 3.24. The van der Waals surface area contributed by atoms with Crippen molar-refractivity contribution in [3.63, 3.8) is 0 Å². The Labute approximate surface area is 134 Å². The summed E-state index contributed by atoms with van der Waals surface area (Å²) in [6.07, 6.45) is 1.58. The van der Waals surface area contributed by atoms with Gasteiger partial charge >= 0.3 is 0 Å². The Hall–Kier alpha value is -2.24. The van der Waals surface area contributed by atoms with Crippen LogP contribution in [0.3, 0.4) is 0 Å². The summed E-state index contributed by atoms with van der Waals surface area (Å²) < 4.78 is 19.4. The molecule has 2 aromatic rings. The first-order valence-electron chi connectivity index (χ1n) is 7.93. The van der Waals surface area contributed by atoms with E-state index >= 15 is 0 Å². The molecule has 5 nitrogen and oxygen atoms in total. The lowest BCUT2D eigenvalue weighted by Crippen LogP contribution is -2.40. The minimum atomic E-state index is -0.375. The average Bonchev–Trinajstić information content (AvgIpc) is 3.04. The molecule has 0 atom stereocenters. The maximum absolute atomic E-state index is 13.8. The van der Waals surface area contributed by atoms with E-state index < -0.39 is 0 Å². The summed E-state index contributed by atoms with van der Waals surface area (Å²) in [6, 6.07) is 6.35. The summed E-state index contributed by atoms with van der Waals surface area (Å²) in [6.45, 7) is 5.21. The lowest BCUT2D eigenvalue weighted by atomic mass is 9.96. The van der Waals surface area contributed by atoms with Gasteiger partial charge in [-0.05, 0) is 25.0 Å². The molecule has 2 heterocycles. The molecule has 0 spiro atoms. The van der Waals surface area contributed by atoms with Crippen LogP contribution in [0.15, 0.2) is 28.7 Å². The number of benzene rings is 1. The fourth-order valence-electron chi connectivity index (χ4n) is 2.86. The number of hydrogen-bond acceptors (Lipinski definition) is 4. The Morgan fingerprint density at radius 2 is 1.96 bits per heavy atom. The molecule has 3 rings (SSSR count). The SMILES string of the molecule is CC(C)C(=O)N1CCC(c2nnc(-c3ccccc3F)o2)CC1. The molecule has 1 amide bonds. The number of carbonyl (C=O) groups is 1. The maximum atomic E-state index is 13.8. The first-order chi connectivity index (χ1) is 11.1. The zero-order chi connectivity index (χ0) is 16.4. The average molecular weight is 317 g/mol. The molecule has 0 aliphatic carbocycles. The molecule has 1 aliphatic heterocycles. The van der Waals surface area contributed by atoms with Crippen LogP contribution in [-0.2, 0) is 4.79 Å². The quantitative estimate of drug-likeness (QED) is 0.872. The molecule has 0 unspecified atom stereocenters. The van der Waals surface area contributed by atoms with E-state index in [0.717, 1.165) is 12.8 Å². The van der Waals surface area contributed by atoms with Crippen LogP contribution >= 0.6 is 0 Å². The van der Waals surface area contributed by atoms with Crippen LogP contribution < -0.4 is 0 Å². The van der Waals surface area contributed by atoms with Crippen molar-refractivity contribution in [2.24, 2.45) is 5.92 Å². The second-order valence-electron chi connectivity index (χ2n) is 6.18. The van der Waals surface area contributed by atoms with E-state index in [9.17, 15) is 9.18 Å². The molecule has 1 aromatic heterocycles. The summed E-state index contributed by atoms with van der Waals surface area (Å²) in [4.78, 5) is 13.9. The summed E-state index contributed by atoms with van der Waals surface area (Å²) >= 11 is 0. The minimum Gasteiger partial charge on any atom is -0.420 e. The standard InChI is InChI=1S/C17H20FN3O2/c1-11(2)17(22)21-9-7-12(8-10-21)15-19-20-16(23-15)13-5-3-4-6-14(13)18/h3-6,11-12H,7-10H2,1-2H3. The topological polar surface area (TPSA) is 59.2 Å². The highest BCUT2D eigenvalue weighted by molar-refractivity contribution is 5.78. The highest BCUT2D eigenvalue weighted by Crippen LogP contribution is 2.30. The molecule has 0 radical (unpaired) electrons. The van der Waals surface area contributed by atoms with Crippen molar-refractivity contribution in [2.45, 2.75) is 32.6 Å². The Morgan fingerprint density at radius 3 is 2.61 bits per heavy atom. The second kappa shape index (κ2) is 6.48. The lowest BCUT2D eigenvalue weighted by Gasteiger charge is -2.31. The number of likely N-dealkylation sites (tertiary alicyclic amines) is 1. The minimum absolute atomic E-state index is 0.0163. The summed E-state index contributed by atoms with van der Waals surface area (Å²) in [5.74, 6) is 0.682. The zero-order valence-corrected chi connectivity index (χ0v) is 13.3. The molecule has 0 N–H and O–H groups in total. The van der Waals surface area contributed by atoms with Gasteiger partial charge in [0.1, 0.15) is 5.82 Å². The van der Waals surface area contributed by atoms with Crippen LogP contribution in [0.1, 0.15) is 38.5 Å². The van der Waals surface area contributed by atoms with Crippen molar-refractivity contribution in [1.82, 2.24) is 15.1 Å². The number of hydrogen-bond donors (Lipinski definition) is 0. The van der Waals surface area contributed by atoms with Crippen molar-refractivity contribution in [1.29, 1.82) is 0 Å². The largest absolute Gasteiger partial charge is 0.420 e. The van der Waals surface area contributed by atoms with Gasteiger partial charge in [-0.1, -0.05) is 26.0 Å². The molecule has 1 saturated heterocycles. The highest BCUT2D eigenvalue weighted by atomic mass is 19.1. The van der Waals surface area contributed by atoms with Gasteiger partial charge in [0.15, 0.2) is 0 Å². The van der Waals surface area contributed by atoms with Gasteiger partial charge in [0, 0.05) is 24.9 Å². The normalized spacial score (nSPS) is 16.1. The van der Waals surface area contributed by atoms with Crippen molar-refractivity contribution in [3.8, 4) is 11.5 Å². The van der Waals surface area contributed by atoms with Gasteiger partial charge in [0.05, 0.1) is 5.56 Å². The molecule has 1 fully saturated rings. The Bertz CT molecular complexity index is 691. The predicted molar refractivity (Wildman–Crippen MR) is 83.1 cm³/mol. The Kier molecular flexibility index (Phi) is 4.41. The number of rotatable bonds is 3.